The van der Waals surface area contributed by atoms with Gasteiger partial charge < -0.3 is 5.32 Å². The smallest absolute Gasteiger partial charge is 0.0313 e. The molecular weight excluding hydrogens is 210 g/mol. The fraction of sp³-hybridized carbons (Fsp3) is 0.643. The van der Waals surface area contributed by atoms with Crippen LogP contribution in [0.15, 0.2) is 18.5 Å². The van der Waals surface area contributed by atoms with Gasteiger partial charge >= 0.3 is 0 Å². The zero-order valence-corrected chi connectivity index (χ0v) is 10.9. The Morgan fingerprint density at radius 1 is 1.47 bits per heavy atom. The molecule has 1 aromatic heterocycles. The van der Waals surface area contributed by atoms with Crippen LogP contribution in [0.2, 0.25) is 0 Å². The van der Waals surface area contributed by atoms with E-state index in [1.807, 2.05) is 12.4 Å². The average Bonchev–Trinajstić information content (AvgIpc) is 2.81. The molecule has 0 spiro atoms. The molecule has 1 saturated heterocycles. The summed E-state index contributed by atoms with van der Waals surface area (Å²) in [6, 6.07) is 2.92. The van der Waals surface area contributed by atoms with Crippen molar-refractivity contribution in [2.24, 2.45) is 0 Å². The largest absolute Gasteiger partial charge is 0.313 e. The Morgan fingerprint density at radius 3 is 3.00 bits per heavy atom. The third-order valence-electron chi connectivity index (χ3n) is 3.43. The first-order valence-electron chi connectivity index (χ1n) is 6.64. The highest BCUT2D eigenvalue weighted by Crippen LogP contribution is 2.10. The summed E-state index contributed by atoms with van der Waals surface area (Å²) in [5, 5.41) is 3.56. The van der Waals surface area contributed by atoms with Crippen molar-refractivity contribution in [3.8, 4) is 0 Å². The van der Waals surface area contributed by atoms with Crippen LogP contribution in [0.3, 0.4) is 0 Å². The predicted molar refractivity (Wildman–Crippen MR) is 70.9 cm³/mol. The van der Waals surface area contributed by atoms with Gasteiger partial charge in [-0.15, -0.1) is 0 Å². The molecular formula is C14H23N3. The molecule has 1 fully saturated rings. The van der Waals surface area contributed by atoms with Crippen LogP contribution in [-0.2, 0) is 6.54 Å². The molecule has 1 aromatic rings. The molecule has 1 aliphatic rings. The van der Waals surface area contributed by atoms with Gasteiger partial charge in [0.05, 0.1) is 0 Å². The molecule has 0 aliphatic carbocycles. The van der Waals surface area contributed by atoms with Gasteiger partial charge in [-0.2, -0.15) is 0 Å². The fourth-order valence-electron chi connectivity index (χ4n) is 2.49. The quantitative estimate of drug-likeness (QED) is 0.842. The van der Waals surface area contributed by atoms with Crippen LogP contribution in [0, 0.1) is 6.92 Å². The SMILES string of the molecule is CCN(Cc1cncc(C)c1)CC1CCCN1. The van der Waals surface area contributed by atoms with E-state index in [2.05, 4.69) is 35.1 Å². The molecule has 0 radical (unpaired) electrons. The molecule has 0 amide bonds. The van der Waals surface area contributed by atoms with Crippen molar-refractivity contribution in [2.45, 2.75) is 39.3 Å². The average molecular weight is 233 g/mol. The van der Waals surface area contributed by atoms with E-state index in [4.69, 9.17) is 0 Å². The van der Waals surface area contributed by atoms with E-state index >= 15 is 0 Å². The lowest BCUT2D eigenvalue weighted by molar-refractivity contribution is 0.253. The molecule has 1 atom stereocenters. The van der Waals surface area contributed by atoms with E-state index in [1.54, 1.807) is 0 Å². The highest BCUT2D eigenvalue weighted by atomic mass is 15.1. The van der Waals surface area contributed by atoms with Gasteiger partial charge in [0.1, 0.15) is 0 Å². The molecule has 94 valence electrons. The Labute approximate surface area is 104 Å². The maximum absolute atomic E-state index is 4.26. The van der Waals surface area contributed by atoms with E-state index in [0.29, 0.717) is 6.04 Å². The van der Waals surface area contributed by atoms with Gasteiger partial charge in [-0.1, -0.05) is 13.0 Å². The maximum Gasteiger partial charge on any atom is 0.0313 e. The lowest BCUT2D eigenvalue weighted by Crippen LogP contribution is -2.37. The second-order valence-electron chi connectivity index (χ2n) is 4.99. The third kappa shape index (κ3) is 3.79. The second-order valence-corrected chi connectivity index (χ2v) is 4.99. The van der Waals surface area contributed by atoms with Gasteiger partial charge in [0.2, 0.25) is 0 Å². The highest BCUT2D eigenvalue weighted by molar-refractivity contribution is 5.16. The lowest BCUT2D eigenvalue weighted by Gasteiger charge is -2.24. The molecule has 0 aromatic carbocycles. The summed E-state index contributed by atoms with van der Waals surface area (Å²) in [5.74, 6) is 0. The first-order valence-corrected chi connectivity index (χ1v) is 6.64. The minimum absolute atomic E-state index is 0.688. The van der Waals surface area contributed by atoms with Gasteiger partial charge in [0.25, 0.3) is 0 Å². The summed E-state index contributed by atoms with van der Waals surface area (Å²) in [6.07, 6.45) is 6.55. The number of nitrogens with one attached hydrogen (secondary N) is 1. The molecule has 1 aliphatic heterocycles. The number of likely N-dealkylation sites (N-methyl/N-ethyl adjacent to an activating group) is 1. The van der Waals surface area contributed by atoms with Crippen LogP contribution in [0.4, 0.5) is 0 Å². The van der Waals surface area contributed by atoms with E-state index in [0.717, 1.165) is 19.6 Å². The summed E-state index contributed by atoms with van der Waals surface area (Å²) >= 11 is 0. The zero-order valence-electron chi connectivity index (χ0n) is 10.9. The Morgan fingerprint density at radius 2 is 2.35 bits per heavy atom. The minimum atomic E-state index is 0.688. The van der Waals surface area contributed by atoms with Crippen LogP contribution >= 0.6 is 0 Å². The Hall–Kier alpha value is -0.930. The molecule has 0 bridgehead atoms. The zero-order chi connectivity index (χ0) is 12.1. The molecule has 17 heavy (non-hydrogen) atoms. The minimum Gasteiger partial charge on any atom is -0.313 e. The van der Waals surface area contributed by atoms with Crippen LogP contribution in [0.1, 0.15) is 30.9 Å². The van der Waals surface area contributed by atoms with Crippen molar-refractivity contribution in [1.29, 1.82) is 0 Å². The van der Waals surface area contributed by atoms with E-state index < -0.39 is 0 Å². The number of rotatable bonds is 5. The topological polar surface area (TPSA) is 28.2 Å². The van der Waals surface area contributed by atoms with Gasteiger partial charge in [-0.3, -0.25) is 9.88 Å². The molecule has 3 nitrogen and oxygen atoms in total. The Balaban J connectivity index is 1.90. The number of hydrogen-bond acceptors (Lipinski definition) is 3. The van der Waals surface area contributed by atoms with Crippen molar-refractivity contribution in [1.82, 2.24) is 15.2 Å². The summed E-state index contributed by atoms with van der Waals surface area (Å²) in [5.41, 5.74) is 2.57. The monoisotopic (exact) mass is 233 g/mol. The summed E-state index contributed by atoms with van der Waals surface area (Å²) in [6.45, 7) is 8.80. The molecule has 1 unspecified atom stereocenters. The molecule has 3 heteroatoms. The van der Waals surface area contributed by atoms with E-state index in [1.165, 1.54) is 30.5 Å². The third-order valence-corrected chi connectivity index (χ3v) is 3.43. The van der Waals surface area contributed by atoms with Crippen LogP contribution < -0.4 is 5.32 Å². The number of pyridine rings is 1. The molecule has 1 N–H and O–H groups in total. The second kappa shape index (κ2) is 6.12. The summed E-state index contributed by atoms with van der Waals surface area (Å²) in [4.78, 5) is 6.76. The normalized spacial score (nSPS) is 20.1. The summed E-state index contributed by atoms with van der Waals surface area (Å²) < 4.78 is 0. The van der Waals surface area contributed by atoms with Crippen molar-refractivity contribution in [3.63, 3.8) is 0 Å². The summed E-state index contributed by atoms with van der Waals surface area (Å²) in [7, 11) is 0. The number of hydrogen-bond donors (Lipinski definition) is 1. The van der Waals surface area contributed by atoms with Crippen molar-refractivity contribution in [2.75, 3.05) is 19.6 Å². The van der Waals surface area contributed by atoms with Crippen molar-refractivity contribution in [3.05, 3.63) is 29.6 Å². The van der Waals surface area contributed by atoms with Gasteiger partial charge in [-0.25, -0.2) is 0 Å². The Kier molecular flexibility index (Phi) is 4.51. The van der Waals surface area contributed by atoms with E-state index in [9.17, 15) is 0 Å². The molecule has 2 rings (SSSR count). The fourth-order valence-corrected chi connectivity index (χ4v) is 2.49. The number of aryl methyl sites for hydroxylation is 1. The molecule has 2 heterocycles. The van der Waals surface area contributed by atoms with Crippen LogP contribution in [-0.4, -0.2) is 35.6 Å². The van der Waals surface area contributed by atoms with Gasteiger partial charge in [0.15, 0.2) is 0 Å². The standard InChI is InChI=1S/C14H23N3/c1-3-17(11-14-5-4-6-16-14)10-13-7-12(2)8-15-9-13/h7-9,14,16H,3-6,10-11H2,1-2H3. The van der Waals surface area contributed by atoms with Gasteiger partial charge in [-0.05, 0) is 44.0 Å². The van der Waals surface area contributed by atoms with Crippen molar-refractivity contribution >= 4 is 0 Å². The first kappa shape index (κ1) is 12.5. The van der Waals surface area contributed by atoms with E-state index in [-0.39, 0.29) is 0 Å². The van der Waals surface area contributed by atoms with Crippen molar-refractivity contribution < 1.29 is 0 Å². The maximum atomic E-state index is 4.26. The Bertz CT molecular complexity index is 345. The highest BCUT2D eigenvalue weighted by Gasteiger charge is 2.17. The van der Waals surface area contributed by atoms with Crippen LogP contribution in [0.25, 0.3) is 0 Å². The first-order chi connectivity index (χ1) is 8.28. The van der Waals surface area contributed by atoms with Gasteiger partial charge in [0, 0.05) is 31.5 Å². The number of nitrogens with zero attached hydrogens (tertiary/aromatic N) is 2. The predicted octanol–water partition coefficient (Wildman–Crippen LogP) is 1.96. The lowest BCUT2D eigenvalue weighted by atomic mass is 10.2. The van der Waals surface area contributed by atoms with Crippen LogP contribution in [0.5, 0.6) is 0 Å². The number of aromatic nitrogens is 1. The molecule has 0 saturated carbocycles.